The van der Waals surface area contributed by atoms with Crippen molar-refractivity contribution in [3.63, 3.8) is 0 Å². The molecule has 0 aliphatic heterocycles. The van der Waals surface area contributed by atoms with Gasteiger partial charge in [0.05, 0.1) is 0 Å². The predicted molar refractivity (Wildman–Crippen MR) is 148 cm³/mol. The van der Waals surface area contributed by atoms with Gasteiger partial charge in [0, 0.05) is 44.7 Å². The number of nitrogens with zero attached hydrogens (tertiary/aromatic N) is 3. The minimum Gasteiger partial charge on any atom is -0.400 e. The molecule has 0 amide bonds. The second kappa shape index (κ2) is 229. The maximum absolute atomic E-state index is 8.53. The summed E-state index contributed by atoms with van der Waals surface area (Å²) in [6.07, 6.45) is 7.03. The molecule has 3 rings (SSSR count). The van der Waals surface area contributed by atoms with Gasteiger partial charge >= 0.3 is 0 Å². The van der Waals surface area contributed by atoms with Gasteiger partial charge in [0.2, 0.25) is 0 Å². The van der Waals surface area contributed by atoms with E-state index in [2.05, 4.69) is 27.6 Å². The first-order valence-corrected chi connectivity index (χ1v) is 15.0. The predicted octanol–water partition coefficient (Wildman–Crippen LogP) is 5.39. The van der Waals surface area contributed by atoms with Crippen LogP contribution in [0.3, 0.4) is 0 Å². The molecule has 0 saturated carbocycles. The van der Waals surface area contributed by atoms with Gasteiger partial charge in [0.25, 0.3) is 0 Å². The second-order valence-electron chi connectivity index (χ2n) is 5.45. The van der Waals surface area contributed by atoms with Crippen LogP contribution in [0.15, 0.2) is 88.3 Å². The Hall–Kier alpha value is -22.9. The molecular weight excluding hydrogens is 6390 g/mol. The van der Waals surface area contributed by atoms with Crippen molar-refractivity contribution in [3.8, 4) is 0 Å². The van der Waals surface area contributed by atoms with Gasteiger partial charge in [0.1, 0.15) is 15.1 Å². The van der Waals surface area contributed by atoms with Crippen LogP contribution in [-0.4, -0.2) is 62.1 Å². The first-order chi connectivity index (χ1) is 16.3. The summed E-state index contributed by atoms with van der Waals surface area (Å²) in [5, 5.41) is 26.6. The number of rotatable bonds is 10. The summed E-state index contributed by atoms with van der Waals surface area (Å²) >= 11 is 3.84. The molecule has 0 saturated heterocycles. The van der Waals surface area contributed by atoms with Crippen LogP contribution in [0.4, 0.5) is 0 Å². The molecule has 3 aromatic heterocycles. The molecule has 0 bridgehead atoms. The standard InChI is InChI=1S/C10H8N2S2.C8H11NOS2.C3H8OS.CH4O.22Rf/c1-3-7-11-9(5-1)13-14-10-6-2-4-8-12-10;10-6-3-7-11-12-8-4-1-2-5-9-8;4-2-1-3-5;1-2;;;;;;;;;;;;;;;;;;;;;;/h1-8H;1-2,4-5,10H,3,6-7H2;4-5H,1-3H2;2H,1H3;;;;;;;;;;;;;;;;;;;;;;. The number of aliphatic hydroxyl groups excluding tert-OH is 3. The summed E-state index contributed by atoms with van der Waals surface area (Å²) in [5.41, 5.74) is 0. The van der Waals surface area contributed by atoms with Gasteiger partial charge in [-0.1, -0.05) is 29.0 Å². The number of aliphatic hydroxyl groups is 3. The molecule has 0 spiro atoms. The van der Waals surface area contributed by atoms with Crippen molar-refractivity contribution in [2.45, 2.75) is 27.9 Å². The van der Waals surface area contributed by atoms with Gasteiger partial charge in [-0.3, -0.25) is 0 Å². The maximum atomic E-state index is 8.53. The summed E-state index contributed by atoms with van der Waals surface area (Å²) in [6.45, 7) is 0.541. The topological polar surface area (TPSA) is 99.4 Å². The Morgan fingerprint density at radius 3 is 0.855 bits per heavy atom. The number of thiol groups is 1. The Labute approximate surface area is 218 Å². The minimum atomic E-state index is 0. The van der Waals surface area contributed by atoms with Gasteiger partial charge in [-0.15, -0.1) is 0 Å². The van der Waals surface area contributed by atoms with Crippen LogP contribution in [0.1, 0.15) is 12.8 Å². The van der Waals surface area contributed by atoms with Gasteiger partial charge in [-0.05, 0) is 87.4 Å². The Kier molecular flexibility index (Phi) is 1570. The Bertz CT molecular complexity index is 775. The molecule has 0 aromatic carbocycles. The first kappa shape index (κ1) is 376. The van der Waals surface area contributed by atoms with Crippen molar-refractivity contribution >= 4 is 55.8 Å². The zero-order valence-corrected chi connectivity index (χ0v) is 179. The van der Waals surface area contributed by atoms with Gasteiger partial charge in [-0.2, -0.15) is 12.6 Å². The van der Waals surface area contributed by atoms with Crippen molar-refractivity contribution < 1.29 is 15.3 Å². The van der Waals surface area contributed by atoms with Crippen LogP contribution in [0.5, 0.6) is 0 Å². The Balaban J connectivity index is -0.0000000113. The molecule has 3 aromatic rings. The average Bonchev–Trinajstić information content (AvgIpc) is 2.90. The summed E-state index contributed by atoms with van der Waals surface area (Å²) in [6, 6.07) is 17.6. The molecule has 0 fully saturated rings. The molecule has 0 atom stereocenters. The van der Waals surface area contributed by atoms with E-state index in [9.17, 15) is 0 Å². The summed E-state index contributed by atoms with van der Waals surface area (Å²) in [4.78, 5) is 12.6. The average molecular weight is 6420 g/mol. The molecular formula is C22H31N3O3Rf22S5. The van der Waals surface area contributed by atoms with E-state index in [1.165, 1.54) is 0 Å². The molecule has 3 heterocycles. The minimum absolute atomic E-state index is 0. The third kappa shape index (κ3) is 133. The van der Waals surface area contributed by atoms with Gasteiger partial charge in [0.15, 0.2) is 0 Å². The van der Waals surface area contributed by atoms with E-state index in [1.54, 1.807) is 61.8 Å². The second-order valence-corrected chi connectivity index (χ2v) is 10.5. The molecule has 0 unspecified atom stereocenters. The maximum Gasteiger partial charge on any atom is 0.107 e. The fraction of sp³-hybridized carbons (Fsp3) is 0.318. The zero-order valence-electron chi connectivity index (χ0n) is 34.0. The molecule has 6 nitrogen and oxygen atoms in total. The van der Waals surface area contributed by atoms with Crippen molar-refractivity contribution in [3.05, 3.63) is 73.2 Å². The smallest absolute Gasteiger partial charge is 0.107 e. The SMILES string of the molecule is CO.OCCCS.OCCCSSc1ccccn1.[Rf].[Rf].[Rf].[Rf].[Rf].[Rf].[Rf].[Rf].[Rf].[Rf].[Rf].[Rf].[Rf].[Rf].[Rf].[Rf].[Rf].[Rf].[Rf].[Rf].[Rf].[Rf].c1ccc(SSc2ccccn2)nc1. The van der Waals surface area contributed by atoms with Gasteiger partial charge < -0.3 is 15.3 Å². The van der Waals surface area contributed by atoms with E-state index in [4.69, 9.17) is 15.3 Å². The number of pyridine rings is 3. The van der Waals surface area contributed by atoms with Gasteiger partial charge in [-0.25, -0.2) is 15.0 Å². The monoisotopic (exact) mass is 6420 g/mol. The van der Waals surface area contributed by atoms with Crippen LogP contribution in [0.25, 0.3) is 0 Å². The van der Waals surface area contributed by atoms with E-state index >= 15 is 0 Å². The molecule has 55 heavy (non-hydrogen) atoms. The molecule has 33 heteroatoms. The van der Waals surface area contributed by atoms with Crippen molar-refractivity contribution in [2.75, 3.05) is 31.8 Å². The normalized spacial score (nSPS) is 5.62. The quantitative estimate of drug-likeness (QED) is 0.120. The molecule has 0 aliphatic rings. The molecule has 0 aliphatic carbocycles. The van der Waals surface area contributed by atoms with Crippen LogP contribution < -0.4 is 0 Å². The van der Waals surface area contributed by atoms with E-state index in [0.29, 0.717) is 0 Å². The fourth-order valence-electron chi connectivity index (χ4n) is 1.57. The largest absolute Gasteiger partial charge is 0.400 e. The van der Waals surface area contributed by atoms with Crippen molar-refractivity contribution in [1.82, 2.24) is 15.0 Å². The van der Waals surface area contributed by atoms with Crippen LogP contribution in [-0.2, 0) is 0 Å². The zero-order chi connectivity index (χ0) is 24.4. The van der Waals surface area contributed by atoms with E-state index in [0.717, 1.165) is 46.5 Å². The van der Waals surface area contributed by atoms with E-state index < -0.39 is 0 Å². The Morgan fingerprint density at radius 2 is 0.673 bits per heavy atom. The van der Waals surface area contributed by atoms with E-state index in [1.807, 2.05) is 54.6 Å². The number of aromatic nitrogens is 3. The first-order valence-electron chi connectivity index (χ1n) is 9.94. The fourth-order valence-corrected chi connectivity index (χ4v) is 5.41. The van der Waals surface area contributed by atoms with Crippen molar-refractivity contribution in [2.24, 2.45) is 0 Å². The number of hydrogen-bond donors (Lipinski definition) is 4. The molecule has 3 N–H and O–H groups in total. The number of hydrogen-bond acceptors (Lipinski definition) is 11. The van der Waals surface area contributed by atoms with Crippen LogP contribution in [0.2, 0.25) is 0 Å². The summed E-state index contributed by atoms with van der Waals surface area (Å²) in [7, 11) is 7.61. The third-order valence-corrected chi connectivity index (χ3v) is 7.82. The molecule has 0 radical (unpaired) electrons. The van der Waals surface area contributed by atoms with E-state index in [-0.39, 0.29) is 13.2 Å². The third-order valence-electron chi connectivity index (χ3n) is 2.97. The summed E-state index contributed by atoms with van der Waals surface area (Å²) < 4.78 is 0. The van der Waals surface area contributed by atoms with Crippen molar-refractivity contribution in [1.29, 1.82) is 0 Å². The summed E-state index contributed by atoms with van der Waals surface area (Å²) in [5.74, 6) is 1.76. The van der Waals surface area contributed by atoms with Crippen LogP contribution in [0, 0.1) is 0 Å². The Morgan fingerprint density at radius 1 is 0.418 bits per heavy atom. The van der Waals surface area contributed by atoms with Crippen LogP contribution >= 0.6 is 55.8 Å². The molecule has 226 valence electrons.